The van der Waals surface area contributed by atoms with Crippen LogP contribution in [-0.2, 0) is 6.54 Å². The van der Waals surface area contributed by atoms with Gasteiger partial charge in [0.1, 0.15) is 0 Å². The Morgan fingerprint density at radius 2 is 2.44 bits per heavy atom. The molecule has 0 fully saturated rings. The Morgan fingerprint density at radius 3 is 3.00 bits per heavy atom. The second-order valence-electron chi connectivity index (χ2n) is 2.76. The van der Waals surface area contributed by atoms with Crippen LogP contribution < -0.4 is 21.6 Å². The number of hydrogen-bond acceptors (Lipinski definition) is 5. The molecule has 0 amide bonds. The van der Waals surface area contributed by atoms with Crippen molar-refractivity contribution in [2.75, 3.05) is 0 Å². The molecule has 0 saturated carbocycles. The van der Waals surface area contributed by atoms with Gasteiger partial charge in [-0.3, -0.25) is 10.2 Å². The molecule has 0 aliphatic heterocycles. The van der Waals surface area contributed by atoms with Gasteiger partial charge in [-0.15, -0.1) is 17.0 Å². The van der Waals surface area contributed by atoms with E-state index in [0.717, 1.165) is 6.42 Å². The molecule has 0 unspecified atom stereocenters. The van der Waals surface area contributed by atoms with Crippen molar-refractivity contribution in [3.63, 3.8) is 0 Å². The molecular weight excluding hydrogens is 296 g/mol. The summed E-state index contributed by atoms with van der Waals surface area (Å²) in [5, 5.41) is -0.0890. The van der Waals surface area contributed by atoms with Crippen LogP contribution in [0.2, 0.25) is 0 Å². The molecule has 90 valence electrons. The molecule has 1 aromatic rings. The number of rotatable bonds is 3. The van der Waals surface area contributed by atoms with Crippen molar-refractivity contribution in [1.29, 1.82) is 0 Å². The molecule has 1 aromatic heterocycles. The SMILES string of the molecule is Br.CCCn1ccnc(OC(=S)NN)c1=O. The average Bonchev–Trinajstić information content (AvgIpc) is 2.24. The summed E-state index contributed by atoms with van der Waals surface area (Å²) in [4.78, 5) is 15.4. The minimum absolute atomic E-state index is 0. The van der Waals surface area contributed by atoms with Crippen molar-refractivity contribution < 1.29 is 4.74 Å². The number of aromatic nitrogens is 2. The van der Waals surface area contributed by atoms with Crippen LogP contribution in [0.1, 0.15) is 13.3 Å². The Balaban J connectivity index is 0.00000225. The number of aryl methyl sites for hydroxylation is 1. The first kappa shape index (κ1) is 15.0. The van der Waals surface area contributed by atoms with Crippen LogP contribution in [-0.4, -0.2) is 14.7 Å². The normalized spacial score (nSPS) is 9.12. The predicted molar refractivity (Wildman–Crippen MR) is 69.7 cm³/mol. The van der Waals surface area contributed by atoms with Gasteiger partial charge >= 0.3 is 5.56 Å². The van der Waals surface area contributed by atoms with Crippen LogP contribution in [0.15, 0.2) is 17.2 Å². The van der Waals surface area contributed by atoms with E-state index in [-0.39, 0.29) is 33.6 Å². The van der Waals surface area contributed by atoms with Gasteiger partial charge in [-0.2, -0.15) is 0 Å². The highest BCUT2D eigenvalue weighted by Crippen LogP contribution is 1.97. The fraction of sp³-hybridized carbons (Fsp3) is 0.375. The largest absolute Gasteiger partial charge is 0.406 e. The molecule has 0 aromatic carbocycles. The van der Waals surface area contributed by atoms with E-state index in [2.05, 4.69) is 22.6 Å². The van der Waals surface area contributed by atoms with Crippen LogP contribution in [0.5, 0.6) is 5.88 Å². The van der Waals surface area contributed by atoms with Crippen LogP contribution >= 0.6 is 29.2 Å². The summed E-state index contributed by atoms with van der Waals surface area (Å²) in [5.74, 6) is 4.94. The standard InChI is InChI=1S/C8H12N4O2S.BrH/c1-2-4-12-5-3-10-6(7(12)13)14-8(15)11-9;/h3,5H,2,4,9H2,1H3,(H,11,15);1H. The quantitative estimate of drug-likeness (QED) is 0.476. The number of thiocarbonyl (C=S) groups is 1. The Labute approximate surface area is 109 Å². The molecule has 0 saturated heterocycles. The maximum absolute atomic E-state index is 11.7. The van der Waals surface area contributed by atoms with Crippen LogP contribution in [0.4, 0.5) is 0 Å². The summed E-state index contributed by atoms with van der Waals surface area (Å²) in [6, 6.07) is 0. The Hall–Kier alpha value is -0.990. The van der Waals surface area contributed by atoms with E-state index in [1.807, 2.05) is 6.92 Å². The maximum atomic E-state index is 11.7. The number of hydrazine groups is 1. The summed E-state index contributed by atoms with van der Waals surface area (Å²) in [6.07, 6.45) is 3.92. The molecule has 0 atom stereocenters. The smallest absolute Gasteiger partial charge is 0.313 e. The predicted octanol–water partition coefficient (Wildman–Crippen LogP) is 0.358. The van der Waals surface area contributed by atoms with Crippen LogP contribution in [0, 0.1) is 0 Å². The zero-order valence-corrected chi connectivity index (χ0v) is 11.2. The summed E-state index contributed by atoms with van der Waals surface area (Å²) >= 11 is 4.66. The molecule has 16 heavy (non-hydrogen) atoms. The summed E-state index contributed by atoms with van der Waals surface area (Å²) in [6.45, 7) is 2.58. The first-order valence-corrected chi connectivity index (χ1v) is 4.83. The first-order valence-electron chi connectivity index (χ1n) is 4.43. The highest BCUT2D eigenvalue weighted by atomic mass is 79.9. The zero-order valence-electron chi connectivity index (χ0n) is 8.67. The molecule has 8 heteroatoms. The number of ether oxygens (including phenoxy) is 1. The number of nitrogens with zero attached hydrogens (tertiary/aromatic N) is 2. The van der Waals surface area contributed by atoms with E-state index < -0.39 is 0 Å². The van der Waals surface area contributed by atoms with Gasteiger partial charge in [0, 0.05) is 18.9 Å². The lowest BCUT2D eigenvalue weighted by molar-refractivity contribution is 0.488. The third kappa shape index (κ3) is 3.87. The zero-order chi connectivity index (χ0) is 11.3. The lowest BCUT2D eigenvalue weighted by Gasteiger charge is -2.06. The monoisotopic (exact) mass is 308 g/mol. The fourth-order valence-electron chi connectivity index (χ4n) is 1.03. The lowest BCUT2D eigenvalue weighted by atomic mass is 10.4. The van der Waals surface area contributed by atoms with Crippen molar-refractivity contribution in [3.05, 3.63) is 22.7 Å². The van der Waals surface area contributed by atoms with Gasteiger partial charge in [-0.25, -0.2) is 10.8 Å². The van der Waals surface area contributed by atoms with Gasteiger partial charge in [0.2, 0.25) is 0 Å². The van der Waals surface area contributed by atoms with Crippen molar-refractivity contribution >= 4 is 34.4 Å². The van der Waals surface area contributed by atoms with Gasteiger partial charge in [-0.1, -0.05) is 6.92 Å². The minimum Gasteiger partial charge on any atom is -0.406 e. The molecule has 0 radical (unpaired) electrons. The van der Waals surface area contributed by atoms with E-state index in [1.165, 1.54) is 10.8 Å². The number of nitrogens with two attached hydrogens (primary N) is 1. The van der Waals surface area contributed by atoms with Gasteiger partial charge < -0.3 is 9.30 Å². The summed E-state index contributed by atoms with van der Waals surface area (Å²) < 4.78 is 6.43. The molecule has 0 bridgehead atoms. The van der Waals surface area contributed by atoms with E-state index in [9.17, 15) is 4.79 Å². The average molecular weight is 309 g/mol. The molecule has 1 heterocycles. The van der Waals surface area contributed by atoms with Gasteiger partial charge in [0.05, 0.1) is 0 Å². The molecule has 1 rings (SSSR count). The van der Waals surface area contributed by atoms with E-state index >= 15 is 0 Å². The number of nitrogens with one attached hydrogen (secondary N) is 1. The van der Waals surface area contributed by atoms with Crippen molar-refractivity contribution in [2.24, 2.45) is 5.84 Å². The van der Waals surface area contributed by atoms with E-state index in [1.54, 1.807) is 6.20 Å². The molecule has 0 spiro atoms. The van der Waals surface area contributed by atoms with Gasteiger partial charge in [0.25, 0.3) is 11.1 Å². The number of halogens is 1. The molecule has 0 aliphatic carbocycles. The molecular formula is C8H13BrN4O2S. The highest BCUT2D eigenvalue weighted by molar-refractivity contribution is 8.93. The molecule has 6 nitrogen and oxygen atoms in total. The van der Waals surface area contributed by atoms with Crippen LogP contribution in [0.25, 0.3) is 0 Å². The Bertz CT molecular complexity index is 409. The maximum Gasteiger partial charge on any atom is 0.313 e. The second kappa shape index (κ2) is 7.31. The van der Waals surface area contributed by atoms with E-state index in [4.69, 9.17) is 10.6 Å². The molecule has 0 aliphatic rings. The minimum atomic E-state index is -0.322. The highest BCUT2D eigenvalue weighted by Gasteiger charge is 2.07. The second-order valence-corrected chi connectivity index (χ2v) is 3.14. The summed E-state index contributed by atoms with van der Waals surface area (Å²) in [7, 11) is 0. The van der Waals surface area contributed by atoms with Crippen LogP contribution in [0.3, 0.4) is 0 Å². The third-order valence-electron chi connectivity index (χ3n) is 1.65. The number of hydrogen-bond donors (Lipinski definition) is 2. The van der Waals surface area contributed by atoms with Crippen molar-refractivity contribution in [1.82, 2.24) is 15.0 Å². The Kier molecular flexibility index (Phi) is 6.86. The first-order chi connectivity index (χ1) is 7.19. The Morgan fingerprint density at radius 1 is 1.75 bits per heavy atom. The third-order valence-corrected chi connectivity index (χ3v) is 1.86. The fourth-order valence-corrected chi connectivity index (χ4v) is 1.11. The van der Waals surface area contributed by atoms with Gasteiger partial charge in [-0.05, 0) is 18.6 Å². The van der Waals surface area contributed by atoms with E-state index in [0.29, 0.717) is 6.54 Å². The van der Waals surface area contributed by atoms with Gasteiger partial charge in [0.15, 0.2) is 0 Å². The van der Waals surface area contributed by atoms with Crippen molar-refractivity contribution in [2.45, 2.75) is 19.9 Å². The lowest BCUT2D eigenvalue weighted by Crippen LogP contribution is -2.35. The van der Waals surface area contributed by atoms with Crippen molar-refractivity contribution in [3.8, 4) is 5.88 Å². The summed E-state index contributed by atoms with van der Waals surface area (Å²) in [5.41, 5.74) is 1.79. The molecule has 3 N–H and O–H groups in total. The topological polar surface area (TPSA) is 82.2 Å².